The van der Waals surface area contributed by atoms with Crippen LogP contribution >= 0.6 is 0 Å². The van der Waals surface area contributed by atoms with E-state index in [0.717, 1.165) is 48.7 Å². The van der Waals surface area contributed by atoms with Crippen LogP contribution in [0.2, 0.25) is 36.3 Å². The molecule has 2 aliphatic carbocycles. The summed E-state index contributed by atoms with van der Waals surface area (Å²) < 4.78 is 12.9. The molecule has 7 heteroatoms. The minimum Gasteiger partial charge on any atom is -0.545 e. The first kappa shape index (κ1) is 34.4. The van der Waals surface area contributed by atoms with Gasteiger partial charge in [0.1, 0.15) is 17.9 Å². The summed E-state index contributed by atoms with van der Waals surface area (Å²) in [5, 5.41) is 2.47. The summed E-state index contributed by atoms with van der Waals surface area (Å²) in [5.41, 5.74) is 1.01. The standard InChI is InChI=1S/C19H30N2O2Si.C13H24OSi.CH4/c1-14-9-7-12-18(20-14)21-16-11-8-10-15(22-21)13-17(16)23-24(5,6)19(2,3)4;1-13(2,3)15(4,5)14-12-10-8-6-7-9-11-12;/h7,9,12-13,15-16H,8,10-11H2,1-6H3;8,10-11H,6-7,9H2,1-5H3;1H4. The van der Waals surface area contributed by atoms with Crippen molar-refractivity contribution in [3.8, 4) is 0 Å². The molecule has 0 aromatic carbocycles. The maximum atomic E-state index is 6.69. The Labute approximate surface area is 248 Å². The first-order chi connectivity index (χ1) is 18.0. The van der Waals surface area contributed by atoms with E-state index < -0.39 is 16.6 Å². The molecule has 0 amide bonds. The van der Waals surface area contributed by atoms with Gasteiger partial charge < -0.3 is 8.85 Å². The maximum absolute atomic E-state index is 6.69. The third-order valence-electron chi connectivity index (χ3n) is 8.84. The number of aryl methyl sites for hydroxylation is 1. The van der Waals surface area contributed by atoms with Crippen LogP contribution in [0.4, 0.5) is 5.82 Å². The number of rotatable bonds is 5. The fourth-order valence-corrected chi connectivity index (χ4v) is 6.40. The molecule has 1 aromatic rings. The summed E-state index contributed by atoms with van der Waals surface area (Å²) in [7, 11) is -3.50. The predicted octanol–water partition coefficient (Wildman–Crippen LogP) is 10.2. The van der Waals surface area contributed by atoms with Crippen molar-refractivity contribution in [3.63, 3.8) is 0 Å². The molecule has 1 saturated heterocycles. The molecule has 5 rings (SSSR count). The van der Waals surface area contributed by atoms with Crippen LogP contribution in [0.1, 0.15) is 93.2 Å². The summed E-state index contributed by atoms with van der Waals surface area (Å²) in [6.07, 6.45) is 15.7. The van der Waals surface area contributed by atoms with Crippen LogP contribution in [0.15, 0.2) is 54.0 Å². The lowest BCUT2D eigenvalue weighted by molar-refractivity contribution is 0.0348. The molecule has 0 spiro atoms. The van der Waals surface area contributed by atoms with Gasteiger partial charge in [-0.3, -0.25) is 4.84 Å². The molecule has 1 aromatic heterocycles. The molecule has 4 aliphatic rings. The Morgan fingerprint density at radius 2 is 1.55 bits per heavy atom. The molecule has 2 atom stereocenters. The Bertz CT molecular complexity index is 1060. The van der Waals surface area contributed by atoms with Gasteiger partial charge in [0.05, 0.1) is 5.76 Å². The Hall–Kier alpha value is -1.84. The molecule has 3 heterocycles. The van der Waals surface area contributed by atoms with Crippen molar-refractivity contribution in [2.24, 2.45) is 0 Å². The van der Waals surface area contributed by atoms with Gasteiger partial charge in [-0.25, -0.2) is 10.0 Å². The number of fused-ring (bicyclic) bond motifs is 3. The second kappa shape index (κ2) is 13.4. The monoisotopic (exact) mass is 586 g/mol. The zero-order valence-electron chi connectivity index (χ0n) is 26.6. The zero-order chi connectivity index (χ0) is 29.1. The Balaban J connectivity index is 0.000000304. The number of hydrogen-bond acceptors (Lipinski definition) is 5. The molecule has 2 unspecified atom stereocenters. The van der Waals surface area contributed by atoms with Crippen LogP contribution in [-0.4, -0.2) is 33.8 Å². The average Bonchev–Trinajstić information content (AvgIpc) is 3.26. The highest BCUT2D eigenvalue weighted by Crippen LogP contribution is 2.42. The maximum Gasteiger partial charge on any atom is 0.250 e. The van der Waals surface area contributed by atoms with Crippen molar-refractivity contribution < 1.29 is 13.7 Å². The van der Waals surface area contributed by atoms with Gasteiger partial charge in [0.15, 0.2) is 5.82 Å². The minimum atomic E-state index is -1.86. The van der Waals surface area contributed by atoms with E-state index in [2.05, 4.69) is 97.0 Å². The van der Waals surface area contributed by atoms with Crippen LogP contribution in [0, 0.1) is 6.92 Å². The van der Waals surface area contributed by atoms with Crippen LogP contribution in [0.3, 0.4) is 0 Å². The van der Waals surface area contributed by atoms with Crippen LogP contribution in [0.5, 0.6) is 0 Å². The number of anilines is 1. The molecule has 40 heavy (non-hydrogen) atoms. The van der Waals surface area contributed by atoms with Crippen LogP contribution in [0.25, 0.3) is 0 Å². The molecular weight excluding hydrogens is 529 g/mol. The van der Waals surface area contributed by atoms with Gasteiger partial charge in [0, 0.05) is 5.69 Å². The van der Waals surface area contributed by atoms with Gasteiger partial charge in [-0.1, -0.05) is 61.1 Å². The van der Waals surface area contributed by atoms with E-state index in [1.807, 2.05) is 30.2 Å². The third-order valence-corrected chi connectivity index (χ3v) is 17.6. The van der Waals surface area contributed by atoms with E-state index >= 15 is 0 Å². The van der Waals surface area contributed by atoms with E-state index in [1.54, 1.807) is 0 Å². The molecule has 0 N–H and O–H groups in total. The Morgan fingerprint density at radius 3 is 2.17 bits per heavy atom. The van der Waals surface area contributed by atoms with E-state index in [1.165, 1.54) is 12.8 Å². The lowest BCUT2D eigenvalue weighted by Gasteiger charge is -2.43. The molecule has 5 nitrogen and oxygen atoms in total. The number of nitrogens with zero attached hydrogens (tertiary/aromatic N) is 2. The van der Waals surface area contributed by atoms with Gasteiger partial charge in [-0.2, -0.15) is 0 Å². The molecule has 0 radical (unpaired) electrons. The predicted molar refractivity (Wildman–Crippen MR) is 176 cm³/mol. The summed E-state index contributed by atoms with van der Waals surface area (Å²) in [6, 6.07) is 6.21. The fraction of sp³-hybridized carbons (Fsp3) is 0.667. The fourth-order valence-electron chi connectivity index (χ4n) is 4.25. The van der Waals surface area contributed by atoms with Crippen LogP contribution in [-0.2, 0) is 13.7 Å². The highest BCUT2D eigenvalue weighted by Gasteiger charge is 2.44. The van der Waals surface area contributed by atoms with E-state index in [4.69, 9.17) is 13.7 Å². The number of hydroxylamine groups is 1. The lowest BCUT2D eigenvalue weighted by Crippen LogP contribution is -2.47. The quantitative estimate of drug-likeness (QED) is 0.321. The second-order valence-corrected chi connectivity index (χ2v) is 23.7. The van der Waals surface area contributed by atoms with Crippen molar-refractivity contribution in [1.29, 1.82) is 0 Å². The lowest BCUT2D eigenvalue weighted by atomic mass is 10.1. The summed E-state index contributed by atoms with van der Waals surface area (Å²) in [6.45, 7) is 24.9. The van der Waals surface area contributed by atoms with Gasteiger partial charge >= 0.3 is 0 Å². The van der Waals surface area contributed by atoms with Gasteiger partial charge in [0.25, 0.3) is 0 Å². The highest BCUT2D eigenvalue weighted by molar-refractivity contribution is 6.74. The van der Waals surface area contributed by atoms with E-state index in [-0.39, 0.29) is 29.6 Å². The number of allylic oxidation sites excluding steroid dienone is 3. The smallest absolute Gasteiger partial charge is 0.250 e. The Kier molecular flexibility index (Phi) is 11.5. The summed E-state index contributed by atoms with van der Waals surface area (Å²) in [5.74, 6) is 3.08. The van der Waals surface area contributed by atoms with E-state index in [9.17, 15) is 0 Å². The van der Waals surface area contributed by atoms with E-state index in [0.29, 0.717) is 0 Å². The van der Waals surface area contributed by atoms with Crippen molar-refractivity contribution in [3.05, 3.63) is 59.7 Å². The summed E-state index contributed by atoms with van der Waals surface area (Å²) in [4.78, 5) is 10.9. The van der Waals surface area contributed by atoms with Crippen molar-refractivity contribution in [1.82, 2.24) is 4.98 Å². The number of aromatic nitrogens is 1. The highest BCUT2D eigenvalue weighted by atomic mass is 28.4. The first-order valence-electron chi connectivity index (χ1n) is 14.9. The van der Waals surface area contributed by atoms with Gasteiger partial charge in [0.2, 0.25) is 16.6 Å². The average molecular weight is 587 g/mol. The number of hydrogen-bond donors (Lipinski definition) is 0. The number of pyridine rings is 1. The molecule has 1 fully saturated rings. The molecular formula is C33H58N2O3Si2. The first-order valence-corrected chi connectivity index (χ1v) is 20.7. The zero-order valence-corrected chi connectivity index (χ0v) is 28.6. The van der Waals surface area contributed by atoms with Crippen molar-refractivity contribution in [2.75, 3.05) is 5.06 Å². The minimum absolute atomic E-state index is 0. The van der Waals surface area contributed by atoms with Gasteiger partial charge in [-0.05, 0) is 112 Å². The molecule has 0 saturated carbocycles. The SMILES string of the molecule is C.CC(C)(C)[Si](C)(C)OC1=CCCCC=C1.Cc1cccc(N2OC3C=C(O[Si](C)(C)C(C)(C)C)C2CCC3)n1. The van der Waals surface area contributed by atoms with Crippen molar-refractivity contribution in [2.45, 2.75) is 143 Å². The van der Waals surface area contributed by atoms with Crippen LogP contribution < -0.4 is 5.06 Å². The largest absolute Gasteiger partial charge is 0.545 e. The molecule has 2 bridgehead atoms. The molecule has 2 aliphatic heterocycles. The third kappa shape index (κ3) is 8.83. The topological polar surface area (TPSA) is 43.8 Å². The summed E-state index contributed by atoms with van der Waals surface area (Å²) >= 11 is 0. The van der Waals surface area contributed by atoms with Gasteiger partial charge in [-0.15, -0.1) is 0 Å². The van der Waals surface area contributed by atoms with Crippen molar-refractivity contribution >= 4 is 22.5 Å². The Morgan fingerprint density at radius 1 is 0.900 bits per heavy atom. The second-order valence-electron chi connectivity index (χ2n) is 14.3. The normalized spacial score (nSPS) is 21.6. The molecule has 226 valence electrons.